The van der Waals surface area contributed by atoms with E-state index in [4.69, 9.17) is 4.74 Å². The number of hydrogen-bond acceptors (Lipinski definition) is 4. The minimum Gasteiger partial charge on any atom is -0.462 e. The molecule has 1 fully saturated rings. The summed E-state index contributed by atoms with van der Waals surface area (Å²) in [4.78, 5) is 25.9. The van der Waals surface area contributed by atoms with Gasteiger partial charge in [-0.15, -0.1) is 0 Å². The lowest BCUT2D eigenvalue weighted by molar-refractivity contribution is 0.0526. The number of esters is 1. The first-order chi connectivity index (χ1) is 10.6. The Morgan fingerprint density at radius 1 is 1.41 bits per heavy atom. The van der Waals surface area contributed by atoms with Crippen LogP contribution in [0.3, 0.4) is 0 Å². The van der Waals surface area contributed by atoms with Crippen LogP contribution in [-0.4, -0.2) is 49.7 Å². The van der Waals surface area contributed by atoms with E-state index in [2.05, 4.69) is 22.6 Å². The molecule has 22 heavy (non-hydrogen) atoms. The summed E-state index contributed by atoms with van der Waals surface area (Å²) >= 11 is 0. The van der Waals surface area contributed by atoms with Gasteiger partial charge < -0.3 is 20.3 Å². The number of hydrogen-bond donors (Lipinski definition) is 2. The number of rotatable bonds is 4. The molecule has 0 unspecified atom stereocenters. The summed E-state index contributed by atoms with van der Waals surface area (Å²) in [5.41, 5.74) is 1.00. The highest BCUT2D eigenvalue weighted by Gasteiger charge is 2.19. The fraction of sp³-hybridized carbons (Fsp3) is 0.500. The third kappa shape index (κ3) is 4.73. The van der Waals surface area contributed by atoms with Crippen molar-refractivity contribution in [1.29, 1.82) is 0 Å². The molecule has 0 spiro atoms. The van der Waals surface area contributed by atoms with Crippen molar-refractivity contribution < 1.29 is 14.3 Å². The molecule has 6 nitrogen and oxygen atoms in total. The highest BCUT2D eigenvalue weighted by atomic mass is 16.5. The van der Waals surface area contributed by atoms with Gasteiger partial charge in [0.15, 0.2) is 0 Å². The lowest BCUT2D eigenvalue weighted by Crippen LogP contribution is -2.47. The molecule has 0 saturated carbocycles. The lowest BCUT2D eigenvalue weighted by Gasteiger charge is -2.30. The summed E-state index contributed by atoms with van der Waals surface area (Å²) in [6, 6.07) is 6.65. The van der Waals surface area contributed by atoms with Crippen molar-refractivity contribution in [1.82, 2.24) is 10.2 Å². The summed E-state index contributed by atoms with van der Waals surface area (Å²) in [5, 5.41) is 5.73. The lowest BCUT2D eigenvalue weighted by atomic mass is 10.1. The third-order valence-corrected chi connectivity index (χ3v) is 3.59. The van der Waals surface area contributed by atoms with Crippen LogP contribution in [-0.2, 0) is 4.74 Å². The van der Waals surface area contributed by atoms with E-state index >= 15 is 0 Å². The first kappa shape index (κ1) is 16.3. The minimum atomic E-state index is -0.388. The van der Waals surface area contributed by atoms with Gasteiger partial charge in [-0.05, 0) is 51.6 Å². The molecule has 6 heteroatoms. The van der Waals surface area contributed by atoms with Gasteiger partial charge in [0.25, 0.3) is 0 Å². The summed E-state index contributed by atoms with van der Waals surface area (Å²) in [7, 11) is 2.05. The van der Waals surface area contributed by atoms with Gasteiger partial charge in [-0.3, -0.25) is 0 Å². The zero-order chi connectivity index (χ0) is 15.9. The Morgan fingerprint density at radius 2 is 2.23 bits per heavy atom. The molecule has 1 saturated heterocycles. The monoisotopic (exact) mass is 305 g/mol. The van der Waals surface area contributed by atoms with Gasteiger partial charge in [0.2, 0.25) is 0 Å². The molecule has 0 aromatic heterocycles. The summed E-state index contributed by atoms with van der Waals surface area (Å²) < 4.78 is 4.95. The van der Waals surface area contributed by atoms with Gasteiger partial charge in [0.05, 0.1) is 12.2 Å². The predicted octanol–water partition coefficient (Wildman–Crippen LogP) is 2.08. The number of nitrogens with zero attached hydrogens (tertiary/aromatic N) is 1. The molecule has 1 aliphatic rings. The molecule has 120 valence electrons. The molecule has 2 rings (SSSR count). The van der Waals surface area contributed by atoms with E-state index in [1.165, 1.54) is 0 Å². The highest BCUT2D eigenvalue weighted by Crippen LogP contribution is 2.12. The second-order valence-corrected chi connectivity index (χ2v) is 5.50. The number of piperidine rings is 1. The Balaban J connectivity index is 1.91. The molecule has 1 aromatic carbocycles. The van der Waals surface area contributed by atoms with Crippen LogP contribution in [0.1, 0.15) is 30.1 Å². The van der Waals surface area contributed by atoms with Gasteiger partial charge in [-0.2, -0.15) is 0 Å². The molecule has 2 amide bonds. The van der Waals surface area contributed by atoms with E-state index in [-0.39, 0.29) is 18.0 Å². The van der Waals surface area contributed by atoms with Crippen LogP contribution in [0.5, 0.6) is 0 Å². The smallest absolute Gasteiger partial charge is 0.338 e. The number of nitrogens with one attached hydrogen (secondary N) is 2. The Kier molecular flexibility index (Phi) is 5.77. The fourth-order valence-electron chi connectivity index (χ4n) is 2.58. The maximum atomic E-state index is 12.0. The van der Waals surface area contributed by atoms with E-state index in [0.29, 0.717) is 17.9 Å². The molecule has 1 aromatic rings. The molecular formula is C16H23N3O3. The number of likely N-dealkylation sites (tertiary alicyclic amines) is 1. The molecule has 0 aliphatic carbocycles. The minimum absolute atomic E-state index is 0.159. The van der Waals surface area contributed by atoms with Crippen LogP contribution < -0.4 is 10.6 Å². The van der Waals surface area contributed by atoms with Crippen LogP contribution in [0, 0.1) is 0 Å². The second-order valence-electron chi connectivity index (χ2n) is 5.50. The van der Waals surface area contributed by atoms with Crippen LogP contribution in [0.15, 0.2) is 24.3 Å². The van der Waals surface area contributed by atoms with Crippen LogP contribution in [0.4, 0.5) is 10.5 Å². The zero-order valence-corrected chi connectivity index (χ0v) is 13.1. The van der Waals surface area contributed by atoms with Crippen molar-refractivity contribution in [2.45, 2.75) is 25.8 Å². The van der Waals surface area contributed by atoms with Crippen molar-refractivity contribution in [3.8, 4) is 0 Å². The number of ether oxygens (including phenoxy) is 1. The van der Waals surface area contributed by atoms with Gasteiger partial charge >= 0.3 is 12.0 Å². The quantitative estimate of drug-likeness (QED) is 0.836. The molecule has 0 bridgehead atoms. The number of carbonyl (C=O) groups excluding carboxylic acids is 2. The maximum absolute atomic E-state index is 12.0. The van der Waals surface area contributed by atoms with Crippen LogP contribution in [0.2, 0.25) is 0 Å². The normalized spacial score (nSPS) is 18.5. The van der Waals surface area contributed by atoms with E-state index in [1.807, 2.05) is 0 Å². The predicted molar refractivity (Wildman–Crippen MR) is 85.1 cm³/mol. The van der Waals surface area contributed by atoms with E-state index in [1.54, 1.807) is 31.2 Å². The van der Waals surface area contributed by atoms with Crippen molar-refractivity contribution in [3.05, 3.63) is 29.8 Å². The van der Waals surface area contributed by atoms with E-state index < -0.39 is 0 Å². The SMILES string of the molecule is CCOC(=O)c1cccc(NC(=O)N[C@@H]2CCCN(C)C2)c1. The van der Waals surface area contributed by atoms with Gasteiger partial charge in [-0.1, -0.05) is 6.07 Å². The van der Waals surface area contributed by atoms with Crippen LogP contribution >= 0.6 is 0 Å². The van der Waals surface area contributed by atoms with Crippen molar-refractivity contribution in [2.75, 3.05) is 32.1 Å². The Morgan fingerprint density at radius 3 is 2.95 bits per heavy atom. The van der Waals surface area contributed by atoms with Crippen molar-refractivity contribution in [3.63, 3.8) is 0 Å². The van der Waals surface area contributed by atoms with Gasteiger partial charge in [0, 0.05) is 18.3 Å². The average molecular weight is 305 g/mol. The third-order valence-electron chi connectivity index (χ3n) is 3.59. The number of carbonyl (C=O) groups is 2. The number of benzene rings is 1. The molecule has 1 aliphatic heterocycles. The fourth-order valence-corrected chi connectivity index (χ4v) is 2.58. The zero-order valence-electron chi connectivity index (χ0n) is 13.1. The van der Waals surface area contributed by atoms with Crippen molar-refractivity contribution in [2.24, 2.45) is 0 Å². The number of likely N-dealkylation sites (N-methyl/N-ethyl adjacent to an activating group) is 1. The number of amides is 2. The Labute approximate surface area is 130 Å². The number of urea groups is 1. The summed E-state index contributed by atoms with van der Waals surface area (Å²) in [6.45, 7) is 4.01. The summed E-state index contributed by atoms with van der Waals surface area (Å²) in [5.74, 6) is -0.388. The van der Waals surface area contributed by atoms with Crippen LogP contribution in [0.25, 0.3) is 0 Å². The highest BCUT2D eigenvalue weighted by molar-refractivity contribution is 5.94. The second kappa shape index (κ2) is 7.79. The Hall–Kier alpha value is -2.08. The topological polar surface area (TPSA) is 70.7 Å². The molecule has 1 heterocycles. The molecule has 2 N–H and O–H groups in total. The molecule has 0 radical (unpaired) electrons. The average Bonchev–Trinajstić information content (AvgIpc) is 2.47. The van der Waals surface area contributed by atoms with Gasteiger partial charge in [-0.25, -0.2) is 9.59 Å². The van der Waals surface area contributed by atoms with E-state index in [9.17, 15) is 9.59 Å². The van der Waals surface area contributed by atoms with E-state index in [0.717, 1.165) is 25.9 Å². The Bertz CT molecular complexity index is 533. The van der Waals surface area contributed by atoms with Gasteiger partial charge in [0.1, 0.15) is 0 Å². The standard InChI is InChI=1S/C16H23N3O3/c1-3-22-15(20)12-6-4-7-13(10-12)17-16(21)18-14-8-5-9-19(2)11-14/h4,6-7,10,14H,3,5,8-9,11H2,1-2H3,(H2,17,18,21)/t14-/m1/s1. The largest absolute Gasteiger partial charge is 0.462 e. The van der Waals surface area contributed by atoms with Crippen molar-refractivity contribution >= 4 is 17.7 Å². The first-order valence-corrected chi connectivity index (χ1v) is 7.61. The first-order valence-electron chi connectivity index (χ1n) is 7.61. The molecule has 1 atom stereocenters. The number of anilines is 1. The maximum Gasteiger partial charge on any atom is 0.338 e. The summed E-state index contributed by atoms with van der Waals surface area (Å²) in [6.07, 6.45) is 2.07. The molecular weight excluding hydrogens is 282 g/mol.